The summed E-state index contributed by atoms with van der Waals surface area (Å²) in [4.78, 5) is 4.89. The molecule has 0 aliphatic rings. The van der Waals surface area contributed by atoms with Crippen LogP contribution in [-0.4, -0.2) is 32.4 Å². The van der Waals surface area contributed by atoms with Crippen LogP contribution in [0.5, 0.6) is 0 Å². The second-order valence-corrected chi connectivity index (χ2v) is 6.21. The maximum absolute atomic E-state index is 11.6. The Kier molecular flexibility index (Phi) is 4.06. The Labute approximate surface area is 93.5 Å². The third-order valence-electron chi connectivity index (χ3n) is 1.72. The Morgan fingerprint density at radius 1 is 1.67 bits per heavy atom. The van der Waals surface area contributed by atoms with Crippen molar-refractivity contribution in [2.45, 2.75) is 20.0 Å². The maximum Gasteiger partial charge on any atom is 0.237 e. The maximum atomic E-state index is 11.6. The molecule has 0 saturated carbocycles. The van der Waals surface area contributed by atoms with Gasteiger partial charge in [-0.15, -0.1) is 11.3 Å². The van der Waals surface area contributed by atoms with Crippen LogP contribution in [0, 0.1) is 6.92 Å². The van der Waals surface area contributed by atoms with Gasteiger partial charge in [-0.3, -0.25) is 4.72 Å². The van der Waals surface area contributed by atoms with Gasteiger partial charge in [0, 0.05) is 18.2 Å². The predicted molar refractivity (Wildman–Crippen MR) is 60.7 cm³/mol. The number of ether oxygens (including phenoxy) is 1. The minimum absolute atomic E-state index is 0.0673. The average molecular weight is 250 g/mol. The first kappa shape index (κ1) is 12.4. The molecule has 5 nitrogen and oxygen atoms in total. The van der Waals surface area contributed by atoms with Crippen molar-refractivity contribution in [1.29, 1.82) is 0 Å². The predicted octanol–water partition coefficient (Wildman–Crippen LogP) is 1.23. The fourth-order valence-corrected chi connectivity index (χ4v) is 3.17. The first-order valence-corrected chi connectivity index (χ1v) is 6.85. The van der Waals surface area contributed by atoms with E-state index in [4.69, 9.17) is 4.74 Å². The zero-order chi connectivity index (χ0) is 11.5. The molecule has 0 bridgehead atoms. The first-order chi connectivity index (χ1) is 6.93. The van der Waals surface area contributed by atoms with Crippen LogP contribution in [0.2, 0.25) is 0 Å². The summed E-state index contributed by atoms with van der Waals surface area (Å²) < 4.78 is 30.4. The molecule has 0 radical (unpaired) electrons. The van der Waals surface area contributed by atoms with Crippen LogP contribution in [0.25, 0.3) is 0 Å². The molecule has 1 aromatic heterocycles. The largest absolute Gasteiger partial charge is 0.381 e. The molecule has 1 heterocycles. The van der Waals surface area contributed by atoms with Crippen LogP contribution in [0.1, 0.15) is 11.8 Å². The van der Waals surface area contributed by atoms with Gasteiger partial charge in [-0.25, -0.2) is 13.4 Å². The molecule has 7 heteroatoms. The lowest BCUT2D eigenvalue weighted by Gasteiger charge is -2.09. The summed E-state index contributed by atoms with van der Waals surface area (Å²) in [7, 11) is -1.88. The zero-order valence-electron chi connectivity index (χ0n) is 8.85. The van der Waals surface area contributed by atoms with Crippen molar-refractivity contribution in [1.82, 2.24) is 4.98 Å². The van der Waals surface area contributed by atoms with Crippen LogP contribution >= 0.6 is 11.3 Å². The van der Waals surface area contributed by atoms with Crippen molar-refractivity contribution in [3.8, 4) is 0 Å². The molecule has 1 N–H and O–H groups in total. The van der Waals surface area contributed by atoms with E-state index >= 15 is 0 Å². The van der Waals surface area contributed by atoms with Crippen molar-refractivity contribution in [2.24, 2.45) is 0 Å². The van der Waals surface area contributed by atoms with Gasteiger partial charge in [0.05, 0.1) is 11.9 Å². The van der Waals surface area contributed by atoms with Gasteiger partial charge in [-0.2, -0.15) is 0 Å². The Bertz CT molecular complexity index is 413. The van der Waals surface area contributed by atoms with Crippen molar-refractivity contribution >= 4 is 26.5 Å². The van der Waals surface area contributed by atoms with E-state index in [2.05, 4.69) is 9.71 Å². The molecule has 0 fully saturated rings. The summed E-state index contributed by atoms with van der Waals surface area (Å²) in [6, 6.07) is 0. The number of aromatic nitrogens is 1. The van der Waals surface area contributed by atoms with E-state index in [1.165, 1.54) is 18.4 Å². The summed E-state index contributed by atoms with van der Waals surface area (Å²) >= 11 is 1.31. The summed E-state index contributed by atoms with van der Waals surface area (Å²) in [6.45, 7) is 3.57. The lowest BCUT2D eigenvalue weighted by Crippen LogP contribution is -2.25. The fraction of sp³-hybridized carbons (Fsp3) is 0.625. The standard InChI is InChI=1S/C8H14N2O3S2/c1-6(13-3)5-15(11,12)10-8-9-4-7(2)14-8/h4,6H,5H2,1-3H3,(H,9,10). The van der Waals surface area contributed by atoms with Crippen molar-refractivity contribution in [3.05, 3.63) is 11.1 Å². The normalized spacial score (nSPS) is 13.8. The molecule has 15 heavy (non-hydrogen) atoms. The van der Waals surface area contributed by atoms with E-state index in [9.17, 15) is 8.42 Å². The molecule has 0 aromatic carbocycles. The first-order valence-electron chi connectivity index (χ1n) is 4.38. The van der Waals surface area contributed by atoms with Crippen LogP contribution < -0.4 is 4.72 Å². The Balaban J connectivity index is 2.64. The van der Waals surface area contributed by atoms with Gasteiger partial charge < -0.3 is 4.74 Å². The molecule has 1 atom stereocenters. The number of hydrogen-bond donors (Lipinski definition) is 1. The molecular formula is C8H14N2O3S2. The number of thiazole rings is 1. The number of sulfonamides is 1. The molecular weight excluding hydrogens is 236 g/mol. The Morgan fingerprint density at radius 3 is 2.80 bits per heavy atom. The van der Waals surface area contributed by atoms with Crippen LogP contribution in [0.4, 0.5) is 5.13 Å². The molecule has 0 spiro atoms. The quantitative estimate of drug-likeness (QED) is 0.853. The minimum atomic E-state index is -3.36. The van der Waals surface area contributed by atoms with E-state index in [-0.39, 0.29) is 11.9 Å². The van der Waals surface area contributed by atoms with Crippen molar-refractivity contribution < 1.29 is 13.2 Å². The molecule has 0 aliphatic carbocycles. The fourth-order valence-electron chi connectivity index (χ4n) is 0.954. The van der Waals surface area contributed by atoms with Crippen LogP contribution in [0.3, 0.4) is 0 Å². The summed E-state index contributed by atoms with van der Waals surface area (Å²) in [5, 5.41) is 0.399. The average Bonchev–Trinajstić information content (AvgIpc) is 2.49. The second-order valence-electron chi connectivity index (χ2n) is 3.21. The highest BCUT2D eigenvalue weighted by atomic mass is 32.2. The second kappa shape index (κ2) is 4.91. The van der Waals surface area contributed by atoms with E-state index in [0.29, 0.717) is 5.13 Å². The van der Waals surface area contributed by atoms with Gasteiger partial charge in [0.25, 0.3) is 0 Å². The number of nitrogens with zero attached hydrogens (tertiary/aromatic N) is 1. The van der Waals surface area contributed by atoms with E-state index in [0.717, 1.165) is 4.88 Å². The SMILES string of the molecule is COC(C)CS(=O)(=O)Nc1ncc(C)s1. The van der Waals surface area contributed by atoms with Crippen LogP contribution in [-0.2, 0) is 14.8 Å². The number of hydrogen-bond acceptors (Lipinski definition) is 5. The monoisotopic (exact) mass is 250 g/mol. The summed E-state index contributed by atoms with van der Waals surface area (Å²) in [6.07, 6.45) is 1.30. The minimum Gasteiger partial charge on any atom is -0.381 e. The van der Waals surface area contributed by atoms with Gasteiger partial charge >= 0.3 is 0 Å². The number of rotatable bonds is 5. The van der Waals surface area contributed by atoms with E-state index in [1.807, 2.05) is 6.92 Å². The number of nitrogens with one attached hydrogen (secondary N) is 1. The van der Waals surface area contributed by atoms with Crippen LogP contribution in [0.15, 0.2) is 6.20 Å². The van der Waals surface area contributed by atoms with Gasteiger partial charge in [0.1, 0.15) is 0 Å². The molecule has 0 saturated heterocycles. The van der Waals surface area contributed by atoms with Gasteiger partial charge in [0.15, 0.2) is 5.13 Å². The Hall–Kier alpha value is -0.660. The number of methoxy groups -OCH3 is 1. The number of aryl methyl sites for hydroxylation is 1. The highest BCUT2D eigenvalue weighted by molar-refractivity contribution is 7.92. The lowest BCUT2D eigenvalue weighted by atomic mass is 10.5. The Morgan fingerprint density at radius 2 is 2.33 bits per heavy atom. The molecule has 0 amide bonds. The molecule has 1 aromatic rings. The van der Waals surface area contributed by atoms with Crippen molar-refractivity contribution in [2.75, 3.05) is 17.6 Å². The zero-order valence-corrected chi connectivity index (χ0v) is 10.5. The van der Waals surface area contributed by atoms with E-state index < -0.39 is 10.0 Å². The van der Waals surface area contributed by atoms with Gasteiger partial charge in [-0.1, -0.05) is 0 Å². The van der Waals surface area contributed by atoms with Crippen molar-refractivity contribution in [3.63, 3.8) is 0 Å². The highest BCUT2D eigenvalue weighted by Gasteiger charge is 2.16. The molecule has 86 valence electrons. The molecule has 0 aliphatic heterocycles. The summed E-state index contributed by atoms with van der Waals surface area (Å²) in [5.74, 6) is -0.0673. The third-order valence-corrected chi connectivity index (χ3v) is 4.09. The van der Waals surface area contributed by atoms with Gasteiger partial charge in [0.2, 0.25) is 10.0 Å². The van der Waals surface area contributed by atoms with Gasteiger partial charge in [-0.05, 0) is 13.8 Å². The topological polar surface area (TPSA) is 68.3 Å². The number of anilines is 1. The summed E-state index contributed by atoms with van der Waals surface area (Å²) in [5.41, 5.74) is 0. The molecule has 1 unspecified atom stereocenters. The van der Waals surface area contributed by atoms with E-state index in [1.54, 1.807) is 13.1 Å². The highest BCUT2D eigenvalue weighted by Crippen LogP contribution is 2.18. The lowest BCUT2D eigenvalue weighted by molar-refractivity contribution is 0.136. The smallest absolute Gasteiger partial charge is 0.237 e. The third kappa shape index (κ3) is 4.15. The molecule has 1 rings (SSSR count).